The molecule has 6 heteroatoms. The lowest BCUT2D eigenvalue weighted by Crippen LogP contribution is -2.00. The molecule has 2 heterocycles. The zero-order valence-corrected chi connectivity index (χ0v) is 17.9. The van der Waals surface area contributed by atoms with Crippen molar-refractivity contribution in [2.45, 2.75) is 6.54 Å². The van der Waals surface area contributed by atoms with Crippen LogP contribution in [0.3, 0.4) is 0 Å². The molecule has 2 aromatic carbocycles. The molecule has 0 bridgehead atoms. The zero-order valence-electron chi connectivity index (χ0n) is 17.9. The standard InChI is InChI=1S/C26H22N4O2/c1-31-24-12-11-20(15-25(24)32-2)26-22(14-21(16-27)23-10-6-7-13-28-23)18-30(29-26)17-19-8-4-3-5-9-19/h3-15,18H,17H2,1-2H3. The van der Waals surface area contributed by atoms with Crippen LogP contribution in [0.5, 0.6) is 11.5 Å². The summed E-state index contributed by atoms with van der Waals surface area (Å²) in [4.78, 5) is 4.32. The molecule has 0 aliphatic carbocycles. The first-order chi connectivity index (χ1) is 15.7. The molecule has 32 heavy (non-hydrogen) atoms. The number of allylic oxidation sites excluding steroid dienone is 1. The molecule has 4 aromatic rings. The number of benzene rings is 2. The summed E-state index contributed by atoms with van der Waals surface area (Å²) < 4.78 is 12.7. The summed E-state index contributed by atoms with van der Waals surface area (Å²) in [6.07, 6.45) is 5.44. The SMILES string of the molecule is COc1ccc(-c2nn(Cc3ccccc3)cc2C=C(C#N)c2ccccn2)cc1OC. The summed E-state index contributed by atoms with van der Waals surface area (Å²) in [6.45, 7) is 0.612. The lowest BCUT2D eigenvalue weighted by Gasteiger charge is -2.09. The smallest absolute Gasteiger partial charge is 0.161 e. The van der Waals surface area contributed by atoms with E-state index in [9.17, 15) is 5.26 Å². The first kappa shape index (κ1) is 20.9. The van der Waals surface area contributed by atoms with Gasteiger partial charge in [0.25, 0.3) is 0 Å². The van der Waals surface area contributed by atoms with Gasteiger partial charge in [0.05, 0.1) is 37.7 Å². The van der Waals surface area contributed by atoms with Crippen LogP contribution in [0.25, 0.3) is 22.9 Å². The fourth-order valence-corrected chi connectivity index (χ4v) is 3.44. The van der Waals surface area contributed by atoms with Gasteiger partial charge in [-0.1, -0.05) is 36.4 Å². The van der Waals surface area contributed by atoms with Crippen molar-refractivity contribution in [1.29, 1.82) is 5.26 Å². The van der Waals surface area contributed by atoms with Gasteiger partial charge in [-0.25, -0.2) is 0 Å². The molecule has 0 aliphatic rings. The van der Waals surface area contributed by atoms with E-state index in [1.807, 2.05) is 71.6 Å². The summed E-state index contributed by atoms with van der Waals surface area (Å²) in [5.41, 5.74) is 4.63. The Morgan fingerprint density at radius 1 is 1.00 bits per heavy atom. The highest BCUT2D eigenvalue weighted by Gasteiger charge is 2.15. The first-order valence-electron chi connectivity index (χ1n) is 10.1. The largest absolute Gasteiger partial charge is 0.493 e. The number of methoxy groups -OCH3 is 2. The van der Waals surface area contributed by atoms with E-state index in [-0.39, 0.29) is 0 Å². The average molecular weight is 422 g/mol. The summed E-state index contributed by atoms with van der Waals surface area (Å²) in [5, 5.41) is 14.6. The Morgan fingerprint density at radius 3 is 2.47 bits per heavy atom. The van der Waals surface area contributed by atoms with E-state index >= 15 is 0 Å². The number of nitriles is 1. The molecule has 0 fully saturated rings. The second-order valence-electron chi connectivity index (χ2n) is 7.07. The van der Waals surface area contributed by atoms with Gasteiger partial charge >= 0.3 is 0 Å². The number of aromatic nitrogens is 3. The molecule has 0 N–H and O–H groups in total. The van der Waals surface area contributed by atoms with Crippen molar-refractivity contribution >= 4 is 11.6 Å². The molecule has 0 atom stereocenters. The molecular formula is C26H22N4O2. The lowest BCUT2D eigenvalue weighted by atomic mass is 10.0. The maximum absolute atomic E-state index is 9.77. The van der Waals surface area contributed by atoms with E-state index in [0.717, 1.165) is 22.4 Å². The highest BCUT2D eigenvalue weighted by Crippen LogP contribution is 2.34. The van der Waals surface area contributed by atoms with Crippen LogP contribution in [0.2, 0.25) is 0 Å². The molecule has 0 saturated carbocycles. The summed E-state index contributed by atoms with van der Waals surface area (Å²) in [7, 11) is 3.21. The lowest BCUT2D eigenvalue weighted by molar-refractivity contribution is 0.355. The quantitative estimate of drug-likeness (QED) is 0.389. The highest BCUT2D eigenvalue weighted by atomic mass is 16.5. The minimum Gasteiger partial charge on any atom is -0.493 e. The third-order valence-electron chi connectivity index (χ3n) is 5.00. The monoisotopic (exact) mass is 422 g/mol. The summed E-state index contributed by atoms with van der Waals surface area (Å²) >= 11 is 0. The Morgan fingerprint density at radius 2 is 1.78 bits per heavy atom. The number of nitrogens with zero attached hydrogens (tertiary/aromatic N) is 4. The number of rotatable bonds is 7. The summed E-state index contributed by atoms with van der Waals surface area (Å²) in [6, 6.07) is 23.5. The minimum atomic E-state index is 0.464. The maximum Gasteiger partial charge on any atom is 0.161 e. The third kappa shape index (κ3) is 4.52. The van der Waals surface area contributed by atoms with Crippen LogP contribution in [0.1, 0.15) is 16.8 Å². The predicted octanol–water partition coefficient (Wildman–Crippen LogP) is 5.07. The van der Waals surface area contributed by atoms with Crippen molar-refractivity contribution < 1.29 is 9.47 Å². The normalized spacial score (nSPS) is 11.1. The van der Waals surface area contributed by atoms with Crippen LogP contribution in [-0.2, 0) is 6.54 Å². The number of hydrogen-bond acceptors (Lipinski definition) is 5. The minimum absolute atomic E-state index is 0.464. The van der Waals surface area contributed by atoms with E-state index in [0.29, 0.717) is 29.3 Å². The van der Waals surface area contributed by atoms with Crippen molar-refractivity contribution in [1.82, 2.24) is 14.8 Å². The van der Waals surface area contributed by atoms with Gasteiger partial charge in [0.15, 0.2) is 11.5 Å². The summed E-state index contributed by atoms with van der Waals surface area (Å²) in [5.74, 6) is 1.26. The van der Waals surface area contributed by atoms with Gasteiger partial charge in [0.2, 0.25) is 0 Å². The predicted molar refractivity (Wildman–Crippen MR) is 124 cm³/mol. The van der Waals surface area contributed by atoms with Gasteiger partial charge in [0.1, 0.15) is 6.07 Å². The molecule has 4 rings (SSSR count). The average Bonchev–Trinajstić information content (AvgIpc) is 3.25. The van der Waals surface area contributed by atoms with E-state index in [4.69, 9.17) is 14.6 Å². The maximum atomic E-state index is 9.77. The van der Waals surface area contributed by atoms with E-state index < -0.39 is 0 Å². The van der Waals surface area contributed by atoms with E-state index in [1.54, 1.807) is 20.4 Å². The number of hydrogen-bond donors (Lipinski definition) is 0. The fraction of sp³-hybridized carbons (Fsp3) is 0.115. The molecule has 6 nitrogen and oxygen atoms in total. The zero-order chi connectivity index (χ0) is 22.3. The second-order valence-corrected chi connectivity index (χ2v) is 7.07. The Hall–Kier alpha value is -4.37. The van der Waals surface area contributed by atoms with Crippen molar-refractivity contribution in [3.63, 3.8) is 0 Å². The van der Waals surface area contributed by atoms with Crippen LogP contribution < -0.4 is 9.47 Å². The molecule has 0 radical (unpaired) electrons. The Balaban J connectivity index is 1.82. The van der Waals surface area contributed by atoms with Gasteiger partial charge < -0.3 is 9.47 Å². The second kappa shape index (κ2) is 9.63. The highest BCUT2D eigenvalue weighted by molar-refractivity contribution is 5.91. The molecule has 2 aromatic heterocycles. The molecular weight excluding hydrogens is 400 g/mol. The molecule has 0 unspecified atom stereocenters. The van der Waals surface area contributed by atoms with Crippen molar-refractivity contribution in [3.8, 4) is 28.8 Å². The molecule has 158 valence electrons. The van der Waals surface area contributed by atoms with Gasteiger partial charge in [-0.2, -0.15) is 10.4 Å². The van der Waals surface area contributed by atoms with Crippen LogP contribution >= 0.6 is 0 Å². The van der Waals surface area contributed by atoms with E-state index in [1.165, 1.54) is 0 Å². The van der Waals surface area contributed by atoms with E-state index in [2.05, 4.69) is 23.2 Å². The molecule has 0 spiro atoms. The van der Waals surface area contributed by atoms with Crippen molar-refractivity contribution in [2.24, 2.45) is 0 Å². The van der Waals surface area contributed by atoms with Gasteiger partial charge in [0, 0.05) is 23.5 Å². The number of pyridine rings is 1. The Kier molecular flexibility index (Phi) is 6.28. The Bertz CT molecular complexity index is 1270. The van der Waals surface area contributed by atoms with Crippen LogP contribution in [0.4, 0.5) is 0 Å². The van der Waals surface area contributed by atoms with Gasteiger partial charge in [-0.15, -0.1) is 0 Å². The first-order valence-corrected chi connectivity index (χ1v) is 10.1. The topological polar surface area (TPSA) is 73.0 Å². The van der Waals surface area contributed by atoms with Crippen molar-refractivity contribution in [3.05, 3.63) is 95.9 Å². The molecule has 0 saturated heterocycles. The van der Waals surface area contributed by atoms with Crippen LogP contribution in [0, 0.1) is 11.3 Å². The van der Waals surface area contributed by atoms with Crippen LogP contribution in [-0.4, -0.2) is 29.0 Å². The fourth-order valence-electron chi connectivity index (χ4n) is 3.44. The Labute approximate surface area is 187 Å². The van der Waals surface area contributed by atoms with Gasteiger partial charge in [-0.3, -0.25) is 9.67 Å². The van der Waals surface area contributed by atoms with Gasteiger partial charge in [-0.05, 0) is 42.0 Å². The van der Waals surface area contributed by atoms with Crippen LogP contribution in [0.15, 0.2) is 79.1 Å². The van der Waals surface area contributed by atoms with Crippen molar-refractivity contribution in [2.75, 3.05) is 14.2 Å². The molecule has 0 amide bonds. The molecule has 0 aliphatic heterocycles. The number of ether oxygens (including phenoxy) is 2. The third-order valence-corrected chi connectivity index (χ3v) is 5.00.